The van der Waals surface area contributed by atoms with Crippen LogP contribution in [0.5, 0.6) is 0 Å². The monoisotopic (exact) mass is 140 g/mol. The molecule has 0 aliphatic heterocycles. The maximum absolute atomic E-state index is 3.92. The second-order valence-corrected chi connectivity index (χ2v) is 2.40. The van der Waals surface area contributed by atoms with Gasteiger partial charge in [-0.25, -0.2) is 0 Å². The topological polar surface area (TPSA) is 24.4 Å². The molecule has 0 unspecified atom stereocenters. The van der Waals surface area contributed by atoms with Crippen LogP contribution in [0.2, 0.25) is 0 Å². The number of hydrogen-bond donors (Lipinski definition) is 1. The molecule has 0 rings (SSSR count). The van der Waals surface area contributed by atoms with Crippen LogP contribution >= 0.6 is 0 Å². The third-order valence-electron chi connectivity index (χ3n) is 1.26. The molecule has 0 bridgehead atoms. The average Bonchev–Trinajstić information content (AvgIpc) is 1.89. The molecule has 2 heteroatoms. The Morgan fingerprint density at radius 3 is 2.30 bits per heavy atom. The molecule has 0 aliphatic carbocycles. The minimum absolute atomic E-state index is 0.522. The first kappa shape index (κ1) is 9.21. The summed E-state index contributed by atoms with van der Waals surface area (Å²) in [6.45, 7) is 8.16. The standard InChI is InChI=1S/C8H16N2/c1-5-8(7(3)4)10-9-6-2/h5-7,10H,1-4H3/b8-5-,9-6-. The van der Waals surface area contributed by atoms with Gasteiger partial charge in [-0.15, -0.1) is 0 Å². The molecule has 0 atom stereocenters. The van der Waals surface area contributed by atoms with Crippen LogP contribution in [0, 0.1) is 5.92 Å². The van der Waals surface area contributed by atoms with Crippen LogP contribution in [0.4, 0.5) is 0 Å². The van der Waals surface area contributed by atoms with Crippen molar-refractivity contribution in [2.75, 3.05) is 0 Å². The quantitative estimate of drug-likeness (QED) is 0.471. The Bertz CT molecular complexity index is 134. The number of hydrazone groups is 1. The smallest absolute Gasteiger partial charge is 0.0318 e. The maximum Gasteiger partial charge on any atom is 0.0318 e. The molecule has 0 aromatic heterocycles. The number of nitrogens with one attached hydrogen (secondary N) is 1. The molecule has 0 amide bonds. The second-order valence-electron chi connectivity index (χ2n) is 2.40. The molecule has 1 N–H and O–H groups in total. The van der Waals surface area contributed by atoms with Crippen LogP contribution < -0.4 is 5.43 Å². The molecule has 58 valence electrons. The molecule has 0 heterocycles. The highest BCUT2D eigenvalue weighted by atomic mass is 15.3. The molecule has 10 heavy (non-hydrogen) atoms. The van der Waals surface area contributed by atoms with Gasteiger partial charge in [0, 0.05) is 11.9 Å². The lowest BCUT2D eigenvalue weighted by Gasteiger charge is -2.08. The van der Waals surface area contributed by atoms with E-state index in [1.54, 1.807) is 6.21 Å². The van der Waals surface area contributed by atoms with E-state index < -0.39 is 0 Å². The van der Waals surface area contributed by atoms with Gasteiger partial charge in [0.2, 0.25) is 0 Å². The van der Waals surface area contributed by atoms with Crippen molar-refractivity contribution in [3.8, 4) is 0 Å². The summed E-state index contributed by atoms with van der Waals surface area (Å²) in [5.74, 6) is 0.522. The third kappa shape index (κ3) is 3.28. The molecular weight excluding hydrogens is 124 g/mol. The first-order chi connectivity index (χ1) is 4.72. The van der Waals surface area contributed by atoms with Crippen molar-refractivity contribution in [3.05, 3.63) is 11.8 Å². The Hall–Kier alpha value is -0.790. The van der Waals surface area contributed by atoms with Crippen LogP contribution in [0.1, 0.15) is 27.7 Å². The minimum atomic E-state index is 0.522. The maximum atomic E-state index is 3.92. The van der Waals surface area contributed by atoms with Crippen molar-refractivity contribution in [2.24, 2.45) is 11.0 Å². The van der Waals surface area contributed by atoms with E-state index in [1.165, 1.54) is 0 Å². The van der Waals surface area contributed by atoms with Gasteiger partial charge in [0.1, 0.15) is 0 Å². The van der Waals surface area contributed by atoms with Crippen LogP contribution in [0.25, 0.3) is 0 Å². The Balaban J connectivity index is 3.86. The van der Waals surface area contributed by atoms with E-state index in [9.17, 15) is 0 Å². The molecule has 0 aromatic rings. The molecule has 0 aliphatic rings. The molecule has 0 aromatic carbocycles. The van der Waals surface area contributed by atoms with Crippen molar-refractivity contribution in [2.45, 2.75) is 27.7 Å². The molecule has 0 radical (unpaired) electrons. The fraction of sp³-hybridized carbons (Fsp3) is 0.625. The van der Waals surface area contributed by atoms with E-state index in [1.807, 2.05) is 19.9 Å². The van der Waals surface area contributed by atoms with Gasteiger partial charge < -0.3 is 0 Å². The Kier molecular flexibility index (Phi) is 4.63. The second kappa shape index (κ2) is 5.03. The van der Waals surface area contributed by atoms with Crippen molar-refractivity contribution in [1.29, 1.82) is 0 Å². The summed E-state index contributed by atoms with van der Waals surface area (Å²) >= 11 is 0. The summed E-state index contributed by atoms with van der Waals surface area (Å²) in [7, 11) is 0. The lowest BCUT2D eigenvalue weighted by molar-refractivity contribution is 0.673. The summed E-state index contributed by atoms with van der Waals surface area (Å²) in [6, 6.07) is 0. The molecular formula is C8H16N2. The lowest BCUT2D eigenvalue weighted by Crippen LogP contribution is -2.10. The first-order valence-electron chi connectivity index (χ1n) is 3.62. The van der Waals surface area contributed by atoms with Crippen molar-refractivity contribution in [1.82, 2.24) is 5.43 Å². The minimum Gasteiger partial charge on any atom is -0.283 e. The lowest BCUT2D eigenvalue weighted by atomic mass is 10.1. The summed E-state index contributed by atoms with van der Waals surface area (Å²) < 4.78 is 0. The molecule has 0 saturated heterocycles. The third-order valence-corrected chi connectivity index (χ3v) is 1.26. The summed E-state index contributed by atoms with van der Waals surface area (Å²) in [5.41, 5.74) is 4.11. The van der Waals surface area contributed by atoms with E-state index in [-0.39, 0.29) is 0 Å². The normalized spacial score (nSPS) is 13.1. The van der Waals surface area contributed by atoms with Gasteiger partial charge in [0.15, 0.2) is 0 Å². The highest BCUT2D eigenvalue weighted by Gasteiger charge is 1.97. The van der Waals surface area contributed by atoms with Gasteiger partial charge in [0.05, 0.1) is 0 Å². The van der Waals surface area contributed by atoms with Crippen molar-refractivity contribution >= 4 is 6.21 Å². The Morgan fingerprint density at radius 2 is 2.00 bits per heavy atom. The van der Waals surface area contributed by atoms with Crippen molar-refractivity contribution in [3.63, 3.8) is 0 Å². The average molecular weight is 140 g/mol. The van der Waals surface area contributed by atoms with Crippen LogP contribution in [0.15, 0.2) is 16.9 Å². The van der Waals surface area contributed by atoms with E-state index in [2.05, 4.69) is 24.4 Å². The molecule has 0 saturated carbocycles. The fourth-order valence-corrected chi connectivity index (χ4v) is 0.666. The zero-order valence-electron chi connectivity index (χ0n) is 7.18. The van der Waals surface area contributed by atoms with E-state index in [0.29, 0.717) is 5.92 Å². The fourth-order valence-electron chi connectivity index (χ4n) is 0.666. The number of allylic oxidation sites excluding steroid dienone is 2. The van der Waals surface area contributed by atoms with E-state index in [4.69, 9.17) is 0 Å². The SMILES string of the molecule is C/C=N\N/C(=C\C)C(C)C. The van der Waals surface area contributed by atoms with Gasteiger partial charge in [-0.2, -0.15) is 5.10 Å². The van der Waals surface area contributed by atoms with E-state index in [0.717, 1.165) is 5.70 Å². The molecule has 2 nitrogen and oxygen atoms in total. The van der Waals surface area contributed by atoms with Gasteiger partial charge in [-0.3, -0.25) is 5.43 Å². The van der Waals surface area contributed by atoms with E-state index >= 15 is 0 Å². The zero-order valence-corrected chi connectivity index (χ0v) is 7.18. The number of rotatable bonds is 3. The summed E-state index contributed by atoms with van der Waals surface area (Å²) in [4.78, 5) is 0. The van der Waals surface area contributed by atoms with Crippen LogP contribution in [-0.4, -0.2) is 6.21 Å². The van der Waals surface area contributed by atoms with Gasteiger partial charge in [-0.1, -0.05) is 19.9 Å². The number of hydrogen-bond acceptors (Lipinski definition) is 2. The van der Waals surface area contributed by atoms with Crippen molar-refractivity contribution < 1.29 is 0 Å². The van der Waals surface area contributed by atoms with Crippen LogP contribution in [-0.2, 0) is 0 Å². The van der Waals surface area contributed by atoms with Crippen LogP contribution in [0.3, 0.4) is 0 Å². The first-order valence-corrected chi connectivity index (χ1v) is 3.62. The van der Waals surface area contributed by atoms with Gasteiger partial charge in [0.25, 0.3) is 0 Å². The largest absolute Gasteiger partial charge is 0.283 e. The predicted octanol–water partition coefficient (Wildman–Crippen LogP) is 2.14. The van der Waals surface area contributed by atoms with Gasteiger partial charge in [-0.05, 0) is 19.8 Å². The summed E-state index contributed by atoms with van der Waals surface area (Å²) in [5, 5.41) is 3.92. The predicted molar refractivity (Wildman–Crippen MR) is 45.9 cm³/mol. The number of nitrogens with zero attached hydrogens (tertiary/aromatic N) is 1. The Morgan fingerprint density at radius 1 is 1.40 bits per heavy atom. The molecule has 0 fully saturated rings. The van der Waals surface area contributed by atoms with Gasteiger partial charge >= 0.3 is 0 Å². The highest BCUT2D eigenvalue weighted by molar-refractivity contribution is 5.52. The highest BCUT2D eigenvalue weighted by Crippen LogP contribution is 2.04. The zero-order chi connectivity index (χ0) is 7.98. The molecule has 0 spiro atoms. The summed E-state index contributed by atoms with van der Waals surface area (Å²) in [6.07, 6.45) is 3.78. The Labute approximate surface area is 63.0 Å².